The Morgan fingerprint density at radius 1 is 1.05 bits per heavy atom. The summed E-state index contributed by atoms with van der Waals surface area (Å²) in [4.78, 5) is 0. The second-order valence-corrected chi connectivity index (χ2v) is 5.09. The summed E-state index contributed by atoms with van der Waals surface area (Å²) in [7, 11) is 0. The first kappa shape index (κ1) is 13.1. The zero-order valence-corrected chi connectivity index (χ0v) is 11.4. The summed E-state index contributed by atoms with van der Waals surface area (Å²) >= 11 is 0. The Labute approximate surface area is 118 Å². The normalized spacial score (nSPS) is 13.1. The van der Waals surface area contributed by atoms with Crippen molar-refractivity contribution >= 4 is 0 Å². The Bertz CT molecular complexity index is 580. The molecule has 1 N–H and O–H groups in total. The number of benzene rings is 2. The van der Waals surface area contributed by atoms with Crippen molar-refractivity contribution in [3.8, 4) is 5.75 Å². The Morgan fingerprint density at radius 3 is 2.70 bits per heavy atom. The number of fused-ring (bicyclic) bond motifs is 1. The van der Waals surface area contributed by atoms with E-state index in [1.165, 1.54) is 23.3 Å². The van der Waals surface area contributed by atoms with Gasteiger partial charge in [0.25, 0.3) is 0 Å². The van der Waals surface area contributed by atoms with Gasteiger partial charge in [0.2, 0.25) is 0 Å². The third-order valence-corrected chi connectivity index (χ3v) is 3.59. The van der Waals surface area contributed by atoms with Crippen LogP contribution in [0.15, 0.2) is 42.5 Å². The molecule has 104 valence electrons. The van der Waals surface area contributed by atoms with Gasteiger partial charge in [0.1, 0.15) is 11.6 Å². The number of hydrogen-bond acceptors (Lipinski definition) is 2. The fraction of sp³-hybridized carbons (Fsp3) is 0.294. The van der Waals surface area contributed by atoms with Gasteiger partial charge in [-0.3, -0.25) is 0 Å². The highest BCUT2D eigenvalue weighted by molar-refractivity contribution is 5.39. The molecular weight excluding hydrogens is 253 g/mol. The van der Waals surface area contributed by atoms with E-state index in [0.717, 1.165) is 43.9 Å². The maximum absolute atomic E-state index is 12.8. The smallest absolute Gasteiger partial charge is 0.123 e. The molecule has 0 amide bonds. The lowest BCUT2D eigenvalue weighted by Crippen LogP contribution is -2.16. The van der Waals surface area contributed by atoms with Crippen LogP contribution in [0, 0.1) is 5.82 Å². The van der Waals surface area contributed by atoms with E-state index in [4.69, 9.17) is 4.74 Å². The van der Waals surface area contributed by atoms with Crippen LogP contribution in [0.1, 0.15) is 16.7 Å². The van der Waals surface area contributed by atoms with E-state index in [2.05, 4.69) is 23.5 Å². The highest BCUT2D eigenvalue weighted by Crippen LogP contribution is 2.25. The lowest BCUT2D eigenvalue weighted by Gasteiger charge is -2.07. The quantitative estimate of drug-likeness (QED) is 0.844. The third-order valence-electron chi connectivity index (χ3n) is 3.59. The molecule has 0 unspecified atom stereocenters. The molecule has 20 heavy (non-hydrogen) atoms. The maximum atomic E-state index is 12.8. The number of hydrogen-bond donors (Lipinski definition) is 1. The first-order chi connectivity index (χ1) is 9.81. The second-order valence-electron chi connectivity index (χ2n) is 5.09. The number of ether oxygens (including phenoxy) is 1. The summed E-state index contributed by atoms with van der Waals surface area (Å²) in [6, 6.07) is 13.1. The Morgan fingerprint density at radius 2 is 1.85 bits per heavy atom. The second kappa shape index (κ2) is 6.06. The first-order valence-electron chi connectivity index (χ1n) is 7.01. The van der Waals surface area contributed by atoms with E-state index < -0.39 is 0 Å². The van der Waals surface area contributed by atoms with E-state index in [9.17, 15) is 4.39 Å². The minimum Gasteiger partial charge on any atom is -0.493 e. The molecule has 0 fully saturated rings. The molecule has 0 atom stereocenters. The van der Waals surface area contributed by atoms with Crippen LogP contribution in [0.3, 0.4) is 0 Å². The molecular formula is C17H18FNO. The van der Waals surface area contributed by atoms with Gasteiger partial charge in [-0.1, -0.05) is 24.3 Å². The topological polar surface area (TPSA) is 21.3 Å². The van der Waals surface area contributed by atoms with Crippen LogP contribution in [-0.2, 0) is 19.4 Å². The summed E-state index contributed by atoms with van der Waals surface area (Å²) in [5.41, 5.74) is 3.75. The monoisotopic (exact) mass is 271 g/mol. The van der Waals surface area contributed by atoms with Crippen LogP contribution in [0.4, 0.5) is 4.39 Å². The molecule has 3 heteroatoms. The van der Waals surface area contributed by atoms with Crippen molar-refractivity contribution in [1.82, 2.24) is 5.32 Å². The highest BCUT2D eigenvalue weighted by Gasteiger charge is 2.11. The lowest BCUT2D eigenvalue weighted by atomic mass is 10.1. The summed E-state index contributed by atoms with van der Waals surface area (Å²) in [6.07, 6.45) is 1.92. The van der Waals surface area contributed by atoms with Gasteiger partial charge in [0.15, 0.2) is 0 Å². The summed E-state index contributed by atoms with van der Waals surface area (Å²) in [5, 5.41) is 3.42. The van der Waals surface area contributed by atoms with Crippen molar-refractivity contribution in [2.75, 3.05) is 13.2 Å². The van der Waals surface area contributed by atoms with Gasteiger partial charge in [0.05, 0.1) is 6.61 Å². The molecule has 1 aliphatic rings. The van der Waals surface area contributed by atoms with Crippen molar-refractivity contribution in [3.63, 3.8) is 0 Å². The molecule has 1 heterocycles. The van der Waals surface area contributed by atoms with Gasteiger partial charge in [-0.15, -0.1) is 0 Å². The molecule has 0 aliphatic carbocycles. The first-order valence-corrected chi connectivity index (χ1v) is 7.01. The number of nitrogens with one attached hydrogen (secondary N) is 1. The minimum absolute atomic E-state index is 0.179. The molecule has 0 bridgehead atoms. The molecule has 2 aromatic rings. The van der Waals surface area contributed by atoms with Crippen LogP contribution >= 0.6 is 0 Å². The molecule has 0 saturated heterocycles. The van der Waals surface area contributed by atoms with Crippen molar-refractivity contribution < 1.29 is 9.13 Å². The molecule has 0 aromatic heterocycles. The van der Waals surface area contributed by atoms with Gasteiger partial charge in [0, 0.05) is 13.0 Å². The summed E-state index contributed by atoms with van der Waals surface area (Å²) < 4.78 is 18.3. The van der Waals surface area contributed by atoms with Gasteiger partial charge in [-0.05, 0) is 47.9 Å². The van der Waals surface area contributed by atoms with Crippen LogP contribution < -0.4 is 10.1 Å². The average molecular weight is 271 g/mol. The predicted octanol–water partition coefficient (Wildman–Crippen LogP) is 3.09. The average Bonchev–Trinajstić information content (AvgIpc) is 2.93. The van der Waals surface area contributed by atoms with Gasteiger partial charge in [-0.2, -0.15) is 0 Å². The lowest BCUT2D eigenvalue weighted by molar-refractivity contribution is 0.357. The van der Waals surface area contributed by atoms with Gasteiger partial charge in [-0.25, -0.2) is 4.39 Å². The van der Waals surface area contributed by atoms with E-state index in [1.807, 2.05) is 12.1 Å². The minimum atomic E-state index is -0.179. The van der Waals surface area contributed by atoms with Gasteiger partial charge < -0.3 is 10.1 Å². The summed E-state index contributed by atoms with van der Waals surface area (Å²) in [6.45, 7) is 2.55. The van der Waals surface area contributed by atoms with Crippen LogP contribution in [-0.4, -0.2) is 13.2 Å². The fourth-order valence-corrected chi connectivity index (χ4v) is 2.47. The fourth-order valence-electron chi connectivity index (χ4n) is 2.47. The maximum Gasteiger partial charge on any atom is 0.123 e. The van der Waals surface area contributed by atoms with Crippen LogP contribution in [0.5, 0.6) is 5.75 Å². The molecule has 1 aliphatic heterocycles. The molecule has 3 rings (SSSR count). The van der Waals surface area contributed by atoms with Crippen molar-refractivity contribution in [1.29, 1.82) is 0 Å². The Kier molecular flexibility index (Phi) is 3.97. The SMILES string of the molecule is Fc1ccc(CCNCc2ccc3c(c2)CCO3)cc1. The Balaban J connectivity index is 1.47. The van der Waals surface area contributed by atoms with E-state index >= 15 is 0 Å². The zero-order valence-electron chi connectivity index (χ0n) is 11.4. The molecule has 0 spiro atoms. The third kappa shape index (κ3) is 3.17. The largest absolute Gasteiger partial charge is 0.493 e. The standard InChI is InChI=1S/C17H18FNO/c18-16-4-1-13(2-5-16)7-9-19-12-14-3-6-17-15(11-14)8-10-20-17/h1-6,11,19H,7-10,12H2. The number of halogens is 1. The summed E-state index contributed by atoms with van der Waals surface area (Å²) in [5.74, 6) is 0.849. The van der Waals surface area contributed by atoms with Crippen molar-refractivity contribution in [2.24, 2.45) is 0 Å². The van der Waals surface area contributed by atoms with Crippen molar-refractivity contribution in [2.45, 2.75) is 19.4 Å². The molecule has 0 saturated carbocycles. The van der Waals surface area contributed by atoms with E-state index in [0.29, 0.717) is 0 Å². The van der Waals surface area contributed by atoms with E-state index in [1.54, 1.807) is 0 Å². The predicted molar refractivity (Wildman–Crippen MR) is 77.5 cm³/mol. The highest BCUT2D eigenvalue weighted by atomic mass is 19.1. The molecule has 0 radical (unpaired) electrons. The van der Waals surface area contributed by atoms with Crippen LogP contribution in [0.25, 0.3) is 0 Å². The van der Waals surface area contributed by atoms with E-state index in [-0.39, 0.29) is 5.82 Å². The van der Waals surface area contributed by atoms with Crippen LogP contribution in [0.2, 0.25) is 0 Å². The Hall–Kier alpha value is -1.87. The van der Waals surface area contributed by atoms with Gasteiger partial charge >= 0.3 is 0 Å². The number of rotatable bonds is 5. The molecule has 2 aromatic carbocycles. The zero-order chi connectivity index (χ0) is 13.8. The molecule has 2 nitrogen and oxygen atoms in total. The van der Waals surface area contributed by atoms with Crippen molar-refractivity contribution in [3.05, 3.63) is 65.0 Å².